The molecule has 0 saturated carbocycles. The van der Waals surface area contributed by atoms with E-state index in [1.807, 2.05) is 36.4 Å². The average molecular weight is 428 g/mol. The molecule has 0 bridgehead atoms. The van der Waals surface area contributed by atoms with Crippen molar-refractivity contribution in [2.75, 3.05) is 5.32 Å². The number of nitrogens with one attached hydrogen (secondary N) is 2. The van der Waals surface area contributed by atoms with Gasteiger partial charge in [-0.2, -0.15) is 0 Å². The minimum atomic E-state index is -0.672. The van der Waals surface area contributed by atoms with E-state index in [0.717, 1.165) is 10.0 Å². The van der Waals surface area contributed by atoms with Gasteiger partial charge in [0.2, 0.25) is 5.91 Å². The van der Waals surface area contributed by atoms with E-state index in [2.05, 4.69) is 33.2 Å². The van der Waals surface area contributed by atoms with Gasteiger partial charge in [0.15, 0.2) is 0 Å². The fourth-order valence-corrected chi connectivity index (χ4v) is 4.33. The van der Waals surface area contributed by atoms with Gasteiger partial charge in [0.05, 0.1) is 11.0 Å². The molecule has 0 radical (unpaired) electrons. The second kappa shape index (κ2) is 6.81. The van der Waals surface area contributed by atoms with Crippen molar-refractivity contribution in [1.82, 2.24) is 9.55 Å². The highest BCUT2D eigenvalue weighted by atomic mass is 79.9. The third-order valence-electron chi connectivity index (χ3n) is 5.01. The molecule has 0 unspecified atom stereocenters. The highest BCUT2D eigenvalue weighted by molar-refractivity contribution is 9.10. The lowest BCUT2D eigenvalue weighted by atomic mass is 9.87. The second-order valence-corrected chi connectivity index (χ2v) is 7.85. The van der Waals surface area contributed by atoms with Crippen LogP contribution in [0.5, 0.6) is 0 Å². The van der Waals surface area contributed by atoms with Gasteiger partial charge in [0.25, 0.3) is 0 Å². The van der Waals surface area contributed by atoms with E-state index >= 15 is 0 Å². The number of benzene rings is 2. The first-order chi connectivity index (χ1) is 12.9. The van der Waals surface area contributed by atoms with Gasteiger partial charge in [0, 0.05) is 22.6 Å². The Labute approximate surface area is 163 Å². The monoisotopic (exact) mass is 427 g/mol. The van der Waals surface area contributed by atoms with Crippen molar-refractivity contribution in [1.29, 1.82) is 0 Å². The highest BCUT2D eigenvalue weighted by Crippen LogP contribution is 2.39. The van der Waals surface area contributed by atoms with Crippen molar-refractivity contribution < 1.29 is 4.79 Å². The van der Waals surface area contributed by atoms with Crippen molar-refractivity contribution in [2.45, 2.75) is 31.7 Å². The Balaban J connectivity index is 1.77. The zero-order chi connectivity index (χ0) is 19.1. The van der Waals surface area contributed by atoms with Crippen molar-refractivity contribution in [3.05, 3.63) is 73.2 Å². The zero-order valence-corrected chi connectivity index (χ0v) is 16.2. The minimum absolute atomic E-state index is 0.132. The van der Waals surface area contributed by atoms with Crippen LogP contribution in [0.1, 0.15) is 37.3 Å². The van der Waals surface area contributed by atoms with Gasteiger partial charge in [-0.05, 0) is 42.2 Å². The number of H-pyrrole nitrogens is 1. The summed E-state index contributed by atoms with van der Waals surface area (Å²) in [5, 5.41) is 2.86. The van der Waals surface area contributed by atoms with Gasteiger partial charge in [-0.3, -0.25) is 19.0 Å². The number of nitrogens with zero attached hydrogens (tertiary/aromatic N) is 1. The molecule has 1 aliphatic heterocycles. The molecule has 0 fully saturated rings. The van der Waals surface area contributed by atoms with E-state index in [-0.39, 0.29) is 24.3 Å². The fraction of sp³-hybridized carbons (Fsp3) is 0.250. The van der Waals surface area contributed by atoms with Crippen molar-refractivity contribution in [3.8, 4) is 0 Å². The molecule has 4 rings (SSSR count). The van der Waals surface area contributed by atoms with E-state index in [1.54, 1.807) is 6.07 Å². The molecule has 138 valence electrons. The van der Waals surface area contributed by atoms with Gasteiger partial charge >= 0.3 is 11.1 Å². The summed E-state index contributed by atoms with van der Waals surface area (Å²) in [5.74, 6) is -0.0240. The van der Waals surface area contributed by atoms with Crippen LogP contribution < -0.4 is 16.4 Å². The molecule has 2 aromatic carbocycles. The summed E-state index contributed by atoms with van der Waals surface area (Å²) in [6.45, 7) is 2.07. The van der Waals surface area contributed by atoms with E-state index in [0.29, 0.717) is 23.1 Å². The van der Waals surface area contributed by atoms with Crippen LogP contribution in [0, 0.1) is 0 Å². The van der Waals surface area contributed by atoms with Crippen molar-refractivity contribution in [3.63, 3.8) is 0 Å². The van der Waals surface area contributed by atoms with E-state index < -0.39 is 11.1 Å². The Hall–Kier alpha value is -2.67. The van der Waals surface area contributed by atoms with Crippen LogP contribution >= 0.6 is 15.9 Å². The molecule has 1 aromatic heterocycles. The summed E-state index contributed by atoms with van der Waals surface area (Å²) < 4.78 is 2.35. The quantitative estimate of drug-likeness (QED) is 0.627. The molecule has 0 spiro atoms. The number of para-hydroxylation sites is 1. The second-order valence-electron chi connectivity index (χ2n) is 6.93. The van der Waals surface area contributed by atoms with Crippen molar-refractivity contribution >= 4 is 38.6 Å². The number of amides is 1. The van der Waals surface area contributed by atoms with E-state index in [1.165, 1.54) is 4.57 Å². The number of aromatic amines is 1. The molecule has 1 amide bonds. The maximum atomic E-state index is 12.6. The largest absolute Gasteiger partial charge is 0.326 e. The molecule has 27 heavy (non-hydrogen) atoms. The zero-order valence-electron chi connectivity index (χ0n) is 14.7. The molecule has 3 aromatic rings. The van der Waals surface area contributed by atoms with Crippen LogP contribution in [-0.4, -0.2) is 15.5 Å². The van der Waals surface area contributed by atoms with Gasteiger partial charge in [-0.1, -0.05) is 41.1 Å². The molecular weight excluding hydrogens is 410 g/mol. The highest BCUT2D eigenvalue weighted by Gasteiger charge is 2.30. The summed E-state index contributed by atoms with van der Waals surface area (Å²) in [6.07, 6.45) is 0.747. The molecule has 2 N–H and O–H groups in total. The number of aromatic nitrogens is 2. The predicted molar refractivity (Wildman–Crippen MR) is 108 cm³/mol. The number of anilines is 1. The average Bonchev–Trinajstić information content (AvgIpc) is 2.62. The van der Waals surface area contributed by atoms with Crippen LogP contribution in [0.3, 0.4) is 0 Å². The molecule has 0 saturated heterocycles. The number of hydrogen-bond acceptors (Lipinski definition) is 3. The summed E-state index contributed by atoms with van der Waals surface area (Å²) in [7, 11) is 0. The molecule has 6 nitrogen and oxygen atoms in total. The lowest BCUT2D eigenvalue weighted by Gasteiger charge is -2.31. The molecule has 7 heteroatoms. The number of halogens is 1. The normalized spacial score (nSPS) is 18.4. The van der Waals surface area contributed by atoms with Gasteiger partial charge in [-0.25, -0.2) is 0 Å². The number of carbonyl (C=O) groups is 1. The predicted octanol–water partition coefficient (Wildman–Crippen LogP) is 3.53. The number of carbonyl (C=O) groups excluding carboxylic acids is 1. The lowest BCUT2D eigenvalue weighted by molar-refractivity contribution is -0.117. The lowest BCUT2D eigenvalue weighted by Crippen LogP contribution is -2.41. The van der Waals surface area contributed by atoms with Gasteiger partial charge < -0.3 is 10.3 Å². The third kappa shape index (κ3) is 3.23. The standard InChI is InChI=1S/C20H18BrN3O3/c1-11-7-14(10-17(25)22-13-5-3-2-4-6-13)24-18-15(11)8-12(21)9-16(18)23-19(26)20(24)27/h2-6,8-9,11,14H,7,10H2,1H3,(H,22,25)(H,23,26)/t11-,14+/m1/s1. The van der Waals surface area contributed by atoms with Crippen molar-refractivity contribution in [2.24, 2.45) is 0 Å². The van der Waals surface area contributed by atoms with E-state index in [9.17, 15) is 14.4 Å². The molecule has 0 aliphatic carbocycles. The Morgan fingerprint density at radius 3 is 2.74 bits per heavy atom. The van der Waals surface area contributed by atoms with Crippen LogP contribution in [0.25, 0.3) is 11.0 Å². The third-order valence-corrected chi connectivity index (χ3v) is 5.46. The van der Waals surface area contributed by atoms with Gasteiger partial charge in [-0.15, -0.1) is 0 Å². The SMILES string of the molecule is C[C@@H]1C[C@@H](CC(=O)Nc2ccccc2)n2c(=O)c(=O)[nH]c3cc(Br)cc1c32. The fourth-order valence-electron chi connectivity index (χ4n) is 3.86. The molecular formula is C20H18BrN3O3. The Morgan fingerprint density at radius 2 is 2.00 bits per heavy atom. The smallest absolute Gasteiger partial charge is 0.317 e. The van der Waals surface area contributed by atoms with Crippen LogP contribution in [0.15, 0.2) is 56.5 Å². The minimum Gasteiger partial charge on any atom is -0.326 e. The van der Waals surface area contributed by atoms with Crippen LogP contribution in [0.2, 0.25) is 0 Å². The Bertz CT molecular complexity index is 1150. The summed E-state index contributed by atoms with van der Waals surface area (Å²) >= 11 is 3.46. The molecule has 1 aliphatic rings. The first kappa shape index (κ1) is 17.7. The maximum absolute atomic E-state index is 12.6. The van der Waals surface area contributed by atoms with Crippen LogP contribution in [-0.2, 0) is 4.79 Å². The maximum Gasteiger partial charge on any atom is 0.317 e. The first-order valence-electron chi connectivity index (χ1n) is 8.77. The summed E-state index contributed by atoms with van der Waals surface area (Å²) in [5.41, 5.74) is 1.72. The Kier molecular flexibility index (Phi) is 4.47. The van der Waals surface area contributed by atoms with E-state index in [4.69, 9.17) is 0 Å². The molecule has 2 atom stereocenters. The topological polar surface area (TPSA) is 84.0 Å². The van der Waals surface area contributed by atoms with Gasteiger partial charge in [0.1, 0.15) is 0 Å². The molecule has 2 heterocycles. The number of rotatable bonds is 3. The summed E-state index contributed by atoms with van der Waals surface area (Å²) in [6, 6.07) is 12.6. The van der Waals surface area contributed by atoms with Crippen LogP contribution in [0.4, 0.5) is 5.69 Å². The first-order valence-corrected chi connectivity index (χ1v) is 9.56. The summed E-state index contributed by atoms with van der Waals surface area (Å²) in [4.78, 5) is 40.0. The Morgan fingerprint density at radius 1 is 1.26 bits per heavy atom. The number of hydrogen-bond donors (Lipinski definition) is 2.